The van der Waals surface area contributed by atoms with Crippen LogP contribution in [0.25, 0.3) is 11.3 Å². The van der Waals surface area contributed by atoms with Crippen molar-refractivity contribution in [3.8, 4) is 22.9 Å². The number of aromatic nitrogens is 4. The summed E-state index contributed by atoms with van der Waals surface area (Å²) in [5.74, 6) is 1.02. The molecule has 10 heteroatoms. The average Bonchev–Trinajstić information content (AvgIpc) is 3.63. The van der Waals surface area contributed by atoms with Crippen LogP contribution >= 0.6 is 0 Å². The van der Waals surface area contributed by atoms with Crippen LogP contribution in [0.4, 0.5) is 11.5 Å². The Bertz CT molecular complexity index is 1350. The molecule has 0 bridgehead atoms. The summed E-state index contributed by atoms with van der Waals surface area (Å²) in [6.07, 6.45) is 12.9. The number of likely N-dealkylation sites (tertiary alicyclic amines) is 1. The number of nitrogens with zero attached hydrogens (tertiary/aromatic N) is 6. The van der Waals surface area contributed by atoms with Gasteiger partial charge in [-0.15, -0.1) is 0 Å². The SMILES string of the molecule is CCCCCC(O)(CC)c1cc(-c2cnc(N)c(Oc3cnn(C4CCN(C)CC4)c3)n2)cc(N2CCCC2=O)c1. The van der Waals surface area contributed by atoms with E-state index < -0.39 is 5.60 Å². The normalized spacial score (nSPS) is 18.1. The molecule has 41 heavy (non-hydrogen) atoms. The smallest absolute Gasteiger partial charge is 0.263 e. The van der Waals surface area contributed by atoms with E-state index in [0.717, 1.165) is 68.4 Å². The van der Waals surface area contributed by atoms with E-state index in [1.54, 1.807) is 17.3 Å². The number of amides is 1. The Balaban J connectivity index is 1.46. The minimum atomic E-state index is -1.01. The molecule has 1 aromatic carbocycles. The van der Waals surface area contributed by atoms with E-state index >= 15 is 0 Å². The Morgan fingerprint density at radius 1 is 1.12 bits per heavy atom. The van der Waals surface area contributed by atoms with Crippen molar-refractivity contribution in [2.24, 2.45) is 0 Å². The highest BCUT2D eigenvalue weighted by Gasteiger charge is 2.30. The van der Waals surface area contributed by atoms with E-state index in [9.17, 15) is 9.90 Å². The van der Waals surface area contributed by atoms with Crippen molar-refractivity contribution in [1.29, 1.82) is 0 Å². The molecule has 2 aliphatic heterocycles. The predicted octanol–water partition coefficient (Wildman–Crippen LogP) is 5.29. The molecular formula is C31H43N7O3. The molecule has 1 atom stereocenters. The molecule has 5 rings (SSSR count). The second-order valence-corrected chi connectivity index (χ2v) is 11.5. The van der Waals surface area contributed by atoms with Gasteiger partial charge in [0.25, 0.3) is 5.88 Å². The van der Waals surface area contributed by atoms with E-state index in [4.69, 9.17) is 15.5 Å². The van der Waals surface area contributed by atoms with Crippen LogP contribution in [0.1, 0.15) is 83.2 Å². The first kappa shape index (κ1) is 29.0. The number of carbonyl (C=O) groups excluding carboxylic acids is 1. The lowest BCUT2D eigenvalue weighted by Crippen LogP contribution is -2.31. The second-order valence-electron chi connectivity index (χ2n) is 11.5. The predicted molar refractivity (Wildman–Crippen MR) is 160 cm³/mol. The zero-order valence-corrected chi connectivity index (χ0v) is 24.6. The molecule has 0 spiro atoms. The van der Waals surface area contributed by atoms with Gasteiger partial charge in [0.05, 0.1) is 35.9 Å². The van der Waals surface area contributed by atoms with Gasteiger partial charge in [-0.25, -0.2) is 9.97 Å². The lowest BCUT2D eigenvalue weighted by atomic mass is 9.84. The Morgan fingerprint density at radius 3 is 2.63 bits per heavy atom. The summed E-state index contributed by atoms with van der Waals surface area (Å²) >= 11 is 0. The quantitative estimate of drug-likeness (QED) is 0.303. The molecule has 4 heterocycles. The summed E-state index contributed by atoms with van der Waals surface area (Å²) in [5.41, 5.74) is 8.04. The maximum atomic E-state index is 12.7. The summed E-state index contributed by atoms with van der Waals surface area (Å²) in [5, 5.41) is 16.3. The molecule has 0 saturated carbocycles. The van der Waals surface area contributed by atoms with Crippen molar-refractivity contribution in [3.05, 3.63) is 42.4 Å². The third kappa shape index (κ3) is 6.54. The molecule has 220 valence electrons. The fraction of sp³-hybridized carbons (Fsp3) is 0.548. The summed E-state index contributed by atoms with van der Waals surface area (Å²) in [4.78, 5) is 25.9. The number of piperidine rings is 1. The van der Waals surface area contributed by atoms with Gasteiger partial charge in [0, 0.05) is 24.2 Å². The highest BCUT2D eigenvalue weighted by molar-refractivity contribution is 5.96. The lowest BCUT2D eigenvalue weighted by molar-refractivity contribution is -0.117. The number of rotatable bonds is 11. The number of carbonyl (C=O) groups is 1. The fourth-order valence-corrected chi connectivity index (χ4v) is 5.84. The van der Waals surface area contributed by atoms with Crippen molar-refractivity contribution >= 4 is 17.4 Å². The minimum Gasteiger partial charge on any atom is -0.433 e. The highest BCUT2D eigenvalue weighted by atomic mass is 16.5. The van der Waals surface area contributed by atoms with Gasteiger partial charge < -0.3 is 25.4 Å². The van der Waals surface area contributed by atoms with Crippen molar-refractivity contribution in [1.82, 2.24) is 24.6 Å². The molecule has 3 N–H and O–H groups in total. The number of ether oxygens (including phenoxy) is 1. The average molecular weight is 562 g/mol. The van der Waals surface area contributed by atoms with Crippen molar-refractivity contribution in [2.75, 3.05) is 37.3 Å². The van der Waals surface area contributed by atoms with E-state index in [1.165, 1.54) is 0 Å². The minimum absolute atomic E-state index is 0.0909. The summed E-state index contributed by atoms with van der Waals surface area (Å²) in [7, 11) is 2.14. The van der Waals surface area contributed by atoms with Gasteiger partial charge >= 0.3 is 0 Å². The zero-order chi connectivity index (χ0) is 29.0. The van der Waals surface area contributed by atoms with E-state index in [1.807, 2.05) is 36.0 Å². The Labute approximate surface area is 242 Å². The standard InChI is InChI=1S/C31H43N7O3/c1-4-6-7-12-31(40,5-2)23-16-22(17-25(18-23)37-13-8-9-28(37)39)27-20-33-29(32)30(35-27)41-26-19-34-38(21-26)24-10-14-36(3)15-11-24/h16-21,24,40H,4-15H2,1-3H3,(H2,32,33). The van der Waals surface area contributed by atoms with Crippen LogP contribution in [-0.2, 0) is 10.4 Å². The summed E-state index contributed by atoms with van der Waals surface area (Å²) in [6, 6.07) is 6.20. The lowest BCUT2D eigenvalue weighted by Gasteiger charge is -2.29. The number of anilines is 2. The van der Waals surface area contributed by atoms with Crippen LogP contribution in [0, 0.1) is 0 Å². The molecule has 2 aromatic heterocycles. The van der Waals surface area contributed by atoms with Crippen LogP contribution in [0.15, 0.2) is 36.8 Å². The first-order valence-corrected chi connectivity index (χ1v) is 15.0. The third-order valence-corrected chi connectivity index (χ3v) is 8.54. The van der Waals surface area contributed by atoms with Crippen molar-refractivity contribution in [3.63, 3.8) is 0 Å². The maximum absolute atomic E-state index is 12.7. The third-order valence-electron chi connectivity index (χ3n) is 8.54. The molecule has 2 aliphatic rings. The molecule has 0 radical (unpaired) electrons. The maximum Gasteiger partial charge on any atom is 0.263 e. The Morgan fingerprint density at radius 2 is 1.93 bits per heavy atom. The number of benzene rings is 1. The van der Waals surface area contributed by atoms with Crippen LogP contribution < -0.4 is 15.4 Å². The second kappa shape index (κ2) is 12.6. The van der Waals surface area contributed by atoms with Gasteiger partial charge in [0.1, 0.15) is 0 Å². The molecule has 1 unspecified atom stereocenters. The molecule has 2 fully saturated rings. The topological polar surface area (TPSA) is 123 Å². The van der Waals surface area contributed by atoms with E-state index in [2.05, 4.69) is 29.0 Å². The number of hydrogen-bond donors (Lipinski definition) is 2. The molecule has 3 aromatic rings. The first-order valence-electron chi connectivity index (χ1n) is 15.0. The van der Waals surface area contributed by atoms with E-state index in [0.29, 0.717) is 43.3 Å². The summed E-state index contributed by atoms with van der Waals surface area (Å²) in [6.45, 7) is 6.89. The van der Waals surface area contributed by atoms with Gasteiger partial charge in [-0.3, -0.25) is 9.48 Å². The molecule has 0 aliphatic carbocycles. The van der Waals surface area contributed by atoms with Crippen molar-refractivity contribution in [2.45, 2.75) is 83.3 Å². The summed E-state index contributed by atoms with van der Waals surface area (Å²) < 4.78 is 8.05. The van der Waals surface area contributed by atoms with Gasteiger partial charge in [-0.2, -0.15) is 5.10 Å². The first-order chi connectivity index (χ1) is 19.8. The highest BCUT2D eigenvalue weighted by Crippen LogP contribution is 2.38. The largest absolute Gasteiger partial charge is 0.433 e. The molecule has 2 saturated heterocycles. The number of unbranched alkanes of at least 4 members (excludes halogenated alkanes) is 2. The molecule has 10 nitrogen and oxygen atoms in total. The van der Waals surface area contributed by atoms with Gasteiger partial charge in [-0.05, 0) is 76.0 Å². The molecule has 1 amide bonds. The number of nitrogen functional groups attached to an aromatic ring is 1. The number of hydrogen-bond acceptors (Lipinski definition) is 8. The van der Waals surface area contributed by atoms with Gasteiger partial charge in [0.15, 0.2) is 11.6 Å². The van der Waals surface area contributed by atoms with Gasteiger partial charge in [-0.1, -0.05) is 33.1 Å². The van der Waals surface area contributed by atoms with Crippen molar-refractivity contribution < 1.29 is 14.6 Å². The Kier molecular flexibility index (Phi) is 8.89. The monoisotopic (exact) mass is 561 g/mol. The molecular weight excluding hydrogens is 518 g/mol. The fourth-order valence-electron chi connectivity index (χ4n) is 5.84. The van der Waals surface area contributed by atoms with E-state index in [-0.39, 0.29) is 17.6 Å². The number of aliphatic hydroxyl groups is 1. The van der Waals surface area contributed by atoms with Gasteiger partial charge in [0.2, 0.25) is 5.91 Å². The van der Waals surface area contributed by atoms with Crippen LogP contribution in [-0.4, -0.2) is 62.3 Å². The number of nitrogens with two attached hydrogens (primary N) is 1. The zero-order valence-electron chi connectivity index (χ0n) is 24.6. The van der Waals surface area contributed by atoms with Crippen LogP contribution in [0.5, 0.6) is 11.6 Å². The van der Waals surface area contributed by atoms with Crippen LogP contribution in [0.2, 0.25) is 0 Å². The Hall–Kier alpha value is -3.50. The van der Waals surface area contributed by atoms with Crippen LogP contribution in [0.3, 0.4) is 0 Å².